The SMILES string of the molecule is CC1(C)O[C@H]2[C@H](OCc3cccc(Cl)c3)C[C@](OCc3cccc(C(F)(F)F)c3)(C(=O)NN3CCOCC3)C[C@H]2O1. The number of nitrogens with one attached hydrogen (secondary N) is 1. The van der Waals surface area contributed by atoms with E-state index in [1.165, 1.54) is 6.07 Å². The first-order chi connectivity index (χ1) is 19.4. The standard InChI is InChI=1S/C29H34ClF3N2O6/c1-27(2)40-24-16-28(26(36)34-35-9-11-37-12-10-35,39-18-19-5-3-7-21(13-19)29(31,32)33)15-23(25(24)41-27)38-17-20-6-4-8-22(30)14-20/h3-8,13-14,23-25H,9-12,15-18H2,1-2H3,(H,34,36)/t23-,24-,25+,28-/m1/s1. The first-order valence-corrected chi connectivity index (χ1v) is 14.0. The van der Waals surface area contributed by atoms with Gasteiger partial charge in [0.15, 0.2) is 11.4 Å². The van der Waals surface area contributed by atoms with Crippen LogP contribution in [0.3, 0.4) is 0 Å². The second kappa shape index (κ2) is 12.2. The average molecular weight is 599 g/mol. The maximum atomic E-state index is 14.0. The summed E-state index contributed by atoms with van der Waals surface area (Å²) in [6, 6.07) is 12.2. The Kier molecular flexibility index (Phi) is 8.96. The molecule has 1 amide bonds. The zero-order valence-electron chi connectivity index (χ0n) is 22.9. The number of hydrazine groups is 1. The van der Waals surface area contributed by atoms with Crippen molar-refractivity contribution in [1.29, 1.82) is 0 Å². The van der Waals surface area contributed by atoms with Gasteiger partial charge in [-0.05, 0) is 49.2 Å². The molecule has 3 fully saturated rings. The highest BCUT2D eigenvalue weighted by Crippen LogP contribution is 2.44. The molecule has 8 nitrogen and oxygen atoms in total. The van der Waals surface area contributed by atoms with Gasteiger partial charge in [0.25, 0.3) is 5.91 Å². The third kappa shape index (κ3) is 7.40. The fraction of sp³-hybridized carbons (Fsp3) is 0.552. The van der Waals surface area contributed by atoms with Crippen molar-refractivity contribution in [2.24, 2.45) is 0 Å². The smallest absolute Gasteiger partial charge is 0.379 e. The van der Waals surface area contributed by atoms with E-state index < -0.39 is 47.3 Å². The second-order valence-electron chi connectivity index (χ2n) is 11.0. The lowest BCUT2D eigenvalue weighted by atomic mass is 9.78. The Balaban J connectivity index is 1.42. The molecule has 3 aliphatic rings. The van der Waals surface area contributed by atoms with Gasteiger partial charge in [0.2, 0.25) is 0 Å². The highest BCUT2D eigenvalue weighted by Gasteiger charge is 2.58. The Morgan fingerprint density at radius 3 is 2.46 bits per heavy atom. The van der Waals surface area contributed by atoms with Crippen LogP contribution >= 0.6 is 11.6 Å². The van der Waals surface area contributed by atoms with Crippen molar-refractivity contribution in [2.45, 2.75) is 75.8 Å². The zero-order chi connectivity index (χ0) is 29.3. The molecule has 4 atom stereocenters. The van der Waals surface area contributed by atoms with Crippen LogP contribution in [0.15, 0.2) is 48.5 Å². The highest BCUT2D eigenvalue weighted by molar-refractivity contribution is 6.30. The third-order valence-corrected chi connectivity index (χ3v) is 7.69. The Hall–Kier alpha value is -2.25. The molecule has 0 aromatic heterocycles. The van der Waals surface area contributed by atoms with Crippen molar-refractivity contribution < 1.29 is 41.7 Å². The predicted octanol–water partition coefficient (Wildman–Crippen LogP) is 4.88. The van der Waals surface area contributed by atoms with E-state index in [2.05, 4.69) is 5.43 Å². The van der Waals surface area contributed by atoms with Crippen LogP contribution in [0.2, 0.25) is 5.02 Å². The monoisotopic (exact) mass is 598 g/mol. The topological polar surface area (TPSA) is 78.5 Å². The molecule has 1 N–H and O–H groups in total. The molecule has 0 bridgehead atoms. The Labute approximate surface area is 241 Å². The van der Waals surface area contributed by atoms with Crippen LogP contribution in [0.25, 0.3) is 0 Å². The lowest BCUT2D eigenvalue weighted by molar-refractivity contribution is -0.187. The lowest BCUT2D eigenvalue weighted by Crippen LogP contribution is -2.63. The van der Waals surface area contributed by atoms with E-state index in [0.717, 1.165) is 17.7 Å². The zero-order valence-corrected chi connectivity index (χ0v) is 23.7. The summed E-state index contributed by atoms with van der Waals surface area (Å²) in [6.45, 7) is 5.46. The number of carbonyl (C=O) groups excluding carboxylic acids is 1. The number of hydrogen-bond acceptors (Lipinski definition) is 7. The molecule has 0 unspecified atom stereocenters. The molecule has 5 rings (SSSR count). The van der Waals surface area contributed by atoms with E-state index in [1.807, 2.05) is 12.1 Å². The van der Waals surface area contributed by atoms with E-state index in [9.17, 15) is 18.0 Å². The highest BCUT2D eigenvalue weighted by atomic mass is 35.5. The number of nitrogens with zero attached hydrogens (tertiary/aromatic N) is 1. The molecule has 2 saturated heterocycles. The molecule has 41 heavy (non-hydrogen) atoms. The van der Waals surface area contributed by atoms with Crippen LogP contribution in [0, 0.1) is 0 Å². The van der Waals surface area contributed by atoms with Gasteiger partial charge in [-0.15, -0.1) is 0 Å². The van der Waals surface area contributed by atoms with E-state index >= 15 is 0 Å². The largest absolute Gasteiger partial charge is 0.416 e. The summed E-state index contributed by atoms with van der Waals surface area (Å²) in [4.78, 5) is 14.0. The molecule has 0 radical (unpaired) electrons. The van der Waals surface area contributed by atoms with Gasteiger partial charge in [0, 0.05) is 31.0 Å². The molecule has 1 saturated carbocycles. The Morgan fingerprint density at radius 1 is 1.05 bits per heavy atom. The van der Waals surface area contributed by atoms with E-state index in [-0.39, 0.29) is 26.1 Å². The molecule has 1 aliphatic carbocycles. The molecule has 12 heteroatoms. The minimum Gasteiger partial charge on any atom is -0.379 e. The summed E-state index contributed by atoms with van der Waals surface area (Å²) < 4.78 is 70.6. The second-order valence-corrected chi connectivity index (χ2v) is 11.5. The van der Waals surface area contributed by atoms with Crippen LogP contribution < -0.4 is 5.43 Å². The van der Waals surface area contributed by atoms with Crippen LogP contribution in [0.5, 0.6) is 0 Å². The van der Waals surface area contributed by atoms with Crippen LogP contribution in [-0.4, -0.2) is 66.9 Å². The normalized spacial score (nSPS) is 28.3. The quantitative estimate of drug-likeness (QED) is 0.464. The summed E-state index contributed by atoms with van der Waals surface area (Å²) >= 11 is 6.15. The van der Waals surface area contributed by atoms with Crippen molar-refractivity contribution >= 4 is 17.5 Å². The number of carbonyl (C=O) groups is 1. The van der Waals surface area contributed by atoms with Gasteiger partial charge in [-0.3, -0.25) is 10.2 Å². The minimum atomic E-state index is -4.50. The minimum absolute atomic E-state index is 0.101. The van der Waals surface area contributed by atoms with Gasteiger partial charge in [0.1, 0.15) is 6.10 Å². The van der Waals surface area contributed by atoms with Crippen molar-refractivity contribution in [3.8, 4) is 0 Å². The van der Waals surface area contributed by atoms with Crippen molar-refractivity contribution in [3.05, 3.63) is 70.2 Å². The van der Waals surface area contributed by atoms with Crippen molar-refractivity contribution in [3.63, 3.8) is 0 Å². The number of amides is 1. The molecule has 2 aliphatic heterocycles. The molecule has 2 heterocycles. The number of alkyl halides is 3. The number of benzene rings is 2. The summed E-state index contributed by atoms with van der Waals surface area (Å²) in [5, 5.41) is 2.32. The first kappa shape index (κ1) is 30.2. The maximum Gasteiger partial charge on any atom is 0.416 e. The number of halogens is 4. The fourth-order valence-electron chi connectivity index (χ4n) is 5.52. The molecular formula is C29H34ClF3N2O6. The maximum absolute atomic E-state index is 14.0. The van der Waals surface area contributed by atoms with Gasteiger partial charge in [-0.1, -0.05) is 35.9 Å². The van der Waals surface area contributed by atoms with Crippen LogP contribution in [-0.2, 0) is 47.9 Å². The molecular weight excluding hydrogens is 565 g/mol. The number of rotatable bonds is 8. The van der Waals surface area contributed by atoms with E-state index in [4.69, 9.17) is 35.3 Å². The van der Waals surface area contributed by atoms with Gasteiger partial charge in [-0.2, -0.15) is 13.2 Å². The molecule has 2 aromatic rings. The number of fused-ring (bicyclic) bond motifs is 1. The van der Waals surface area contributed by atoms with Gasteiger partial charge >= 0.3 is 6.18 Å². The van der Waals surface area contributed by atoms with E-state index in [1.54, 1.807) is 37.1 Å². The average Bonchev–Trinajstić information content (AvgIpc) is 3.24. The first-order valence-electron chi connectivity index (χ1n) is 13.6. The summed E-state index contributed by atoms with van der Waals surface area (Å²) in [6.07, 6.45) is -5.92. The van der Waals surface area contributed by atoms with E-state index in [0.29, 0.717) is 36.9 Å². The fourth-order valence-corrected chi connectivity index (χ4v) is 5.73. The van der Waals surface area contributed by atoms with Gasteiger partial charge < -0.3 is 23.7 Å². The number of hydrogen-bond donors (Lipinski definition) is 1. The van der Waals surface area contributed by atoms with Crippen LogP contribution in [0.4, 0.5) is 13.2 Å². The van der Waals surface area contributed by atoms with Gasteiger partial charge in [-0.25, -0.2) is 5.01 Å². The predicted molar refractivity (Wildman–Crippen MR) is 143 cm³/mol. The molecule has 2 aromatic carbocycles. The number of ether oxygens (including phenoxy) is 5. The molecule has 224 valence electrons. The Morgan fingerprint density at radius 2 is 1.76 bits per heavy atom. The van der Waals surface area contributed by atoms with Crippen LogP contribution in [0.1, 0.15) is 43.4 Å². The Bertz CT molecular complexity index is 1230. The summed E-state index contributed by atoms with van der Waals surface area (Å²) in [5.74, 6) is -1.35. The molecule has 0 spiro atoms. The third-order valence-electron chi connectivity index (χ3n) is 7.46. The van der Waals surface area contributed by atoms with Gasteiger partial charge in [0.05, 0.1) is 44.2 Å². The summed E-state index contributed by atoms with van der Waals surface area (Å²) in [5.41, 5.74) is 1.81. The number of morpholine rings is 1. The summed E-state index contributed by atoms with van der Waals surface area (Å²) in [7, 11) is 0. The van der Waals surface area contributed by atoms with Crippen molar-refractivity contribution in [2.75, 3.05) is 26.3 Å². The van der Waals surface area contributed by atoms with Crippen molar-refractivity contribution in [1.82, 2.24) is 10.4 Å². The lowest BCUT2D eigenvalue weighted by Gasteiger charge is -2.44.